The number of sulfone groups is 1. The second-order valence-electron chi connectivity index (χ2n) is 4.29. The third-order valence-corrected chi connectivity index (χ3v) is 3.53. The monoisotopic (exact) mass is 274 g/mol. The molecule has 18 heavy (non-hydrogen) atoms. The van der Waals surface area contributed by atoms with Crippen molar-refractivity contribution in [1.82, 2.24) is 0 Å². The van der Waals surface area contributed by atoms with E-state index in [9.17, 15) is 17.6 Å². The van der Waals surface area contributed by atoms with E-state index in [1.807, 2.05) is 0 Å². The third kappa shape index (κ3) is 5.27. The Balaban J connectivity index is 2.72. The van der Waals surface area contributed by atoms with Crippen molar-refractivity contribution in [2.75, 3.05) is 12.0 Å². The quantitative estimate of drug-likeness (QED) is 0.853. The zero-order valence-electron chi connectivity index (χ0n) is 9.97. The minimum atomic E-state index is -3.19. The molecule has 0 aliphatic rings. The fraction of sp³-hybridized carbons (Fsp3) is 0.417. The number of halogens is 1. The van der Waals surface area contributed by atoms with Crippen molar-refractivity contribution in [3.05, 3.63) is 35.6 Å². The Morgan fingerprint density at radius 2 is 2.11 bits per heavy atom. The van der Waals surface area contributed by atoms with Crippen molar-refractivity contribution < 1.29 is 22.7 Å². The van der Waals surface area contributed by atoms with Crippen LogP contribution in [0.3, 0.4) is 0 Å². The highest BCUT2D eigenvalue weighted by atomic mass is 32.2. The molecule has 0 heterocycles. The smallest absolute Gasteiger partial charge is 0.306 e. The molecule has 0 aliphatic carbocycles. The molecule has 4 nitrogen and oxygen atoms in total. The van der Waals surface area contributed by atoms with Crippen LogP contribution in [0.4, 0.5) is 4.39 Å². The van der Waals surface area contributed by atoms with Crippen LogP contribution in [-0.2, 0) is 21.1 Å². The van der Waals surface area contributed by atoms with Gasteiger partial charge in [-0.25, -0.2) is 12.8 Å². The van der Waals surface area contributed by atoms with Gasteiger partial charge in [0.2, 0.25) is 0 Å². The Bertz CT molecular complexity index is 525. The molecule has 0 bridgehead atoms. The fourth-order valence-corrected chi connectivity index (χ4v) is 2.33. The van der Waals surface area contributed by atoms with Crippen LogP contribution in [0, 0.1) is 11.7 Å². The lowest BCUT2D eigenvalue weighted by atomic mass is 9.97. The van der Waals surface area contributed by atoms with Gasteiger partial charge in [-0.1, -0.05) is 12.1 Å². The Hall–Kier alpha value is -1.43. The Labute approximate surface area is 105 Å². The SMILES string of the molecule is CS(=O)(=O)CCC(Cc1cccc(F)c1)C(=O)O. The van der Waals surface area contributed by atoms with Crippen molar-refractivity contribution >= 4 is 15.8 Å². The van der Waals surface area contributed by atoms with Crippen LogP contribution in [0.2, 0.25) is 0 Å². The van der Waals surface area contributed by atoms with Crippen molar-refractivity contribution in [3.8, 4) is 0 Å². The van der Waals surface area contributed by atoms with Crippen molar-refractivity contribution in [2.24, 2.45) is 5.92 Å². The number of carboxylic acid groups (broad SMARTS) is 1. The molecule has 1 atom stereocenters. The third-order valence-electron chi connectivity index (χ3n) is 2.56. The number of benzene rings is 1. The topological polar surface area (TPSA) is 71.4 Å². The standard InChI is InChI=1S/C12H15FO4S/c1-18(16,17)6-5-10(12(14)15)7-9-3-2-4-11(13)8-9/h2-4,8,10H,5-7H2,1H3,(H,14,15). The van der Waals surface area contributed by atoms with E-state index in [4.69, 9.17) is 5.11 Å². The van der Waals surface area contributed by atoms with Gasteiger partial charge >= 0.3 is 5.97 Å². The van der Waals surface area contributed by atoms with E-state index >= 15 is 0 Å². The summed E-state index contributed by atoms with van der Waals surface area (Å²) >= 11 is 0. The van der Waals surface area contributed by atoms with Crippen molar-refractivity contribution in [2.45, 2.75) is 12.8 Å². The zero-order valence-corrected chi connectivity index (χ0v) is 10.8. The minimum Gasteiger partial charge on any atom is -0.481 e. The van der Waals surface area contributed by atoms with Gasteiger partial charge < -0.3 is 5.11 Å². The van der Waals surface area contributed by atoms with Crippen LogP contribution in [0.5, 0.6) is 0 Å². The minimum absolute atomic E-state index is 0.0324. The molecule has 0 amide bonds. The first kappa shape index (κ1) is 14.6. The van der Waals surface area contributed by atoms with Gasteiger partial charge in [-0.15, -0.1) is 0 Å². The highest BCUT2D eigenvalue weighted by Crippen LogP contribution is 2.15. The van der Waals surface area contributed by atoms with E-state index in [0.29, 0.717) is 5.56 Å². The molecular weight excluding hydrogens is 259 g/mol. The molecule has 6 heteroatoms. The lowest BCUT2D eigenvalue weighted by molar-refractivity contribution is -0.141. The summed E-state index contributed by atoms with van der Waals surface area (Å²) in [6.07, 6.45) is 1.22. The lowest BCUT2D eigenvalue weighted by Gasteiger charge is -2.11. The first-order chi connectivity index (χ1) is 8.28. The van der Waals surface area contributed by atoms with Gasteiger partial charge in [-0.05, 0) is 30.5 Å². The number of rotatable bonds is 6. The van der Waals surface area contributed by atoms with Crippen molar-refractivity contribution in [1.29, 1.82) is 0 Å². The Kier molecular flexibility index (Phi) is 4.84. The molecule has 0 spiro atoms. The predicted molar refractivity (Wildman–Crippen MR) is 65.6 cm³/mol. The summed E-state index contributed by atoms with van der Waals surface area (Å²) in [6, 6.07) is 5.66. The summed E-state index contributed by atoms with van der Waals surface area (Å²) in [6.45, 7) is 0. The summed E-state index contributed by atoms with van der Waals surface area (Å²) in [5, 5.41) is 9.01. The summed E-state index contributed by atoms with van der Waals surface area (Å²) in [5.74, 6) is -2.50. The fourth-order valence-electron chi connectivity index (χ4n) is 1.62. The van der Waals surface area contributed by atoms with Crippen molar-refractivity contribution in [3.63, 3.8) is 0 Å². The number of aliphatic carboxylic acids is 1. The maximum Gasteiger partial charge on any atom is 0.306 e. The number of hydrogen-bond acceptors (Lipinski definition) is 3. The molecular formula is C12H15FO4S. The van der Waals surface area contributed by atoms with Gasteiger partial charge in [-0.2, -0.15) is 0 Å². The van der Waals surface area contributed by atoms with Crippen LogP contribution in [-0.4, -0.2) is 31.5 Å². The molecule has 0 fully saturated rings. The average molecular weight is 274 g/mol. The highest BCUT2D eigenvalue weighted by molar-refractivity contribution is 7.90. The molecule has 1 N–H and O–H groups in total. The Morgan fingerprint density at radius 1 is 1.44 bits per heavy atom. The van der Waals surface area contributed by atoms with Crippen LogP contribution in [0.15, 0.2) is 24.3 Å². The Morgan fingerprint density at radius 3 is 2.61 bits per heavy atom. The summed E-state index contributed by atoms with van der Waals surface area (Å²) < 4.78 is 35.0. The molecule has 1 aromatic rings. The van der Waals surface area contributed by atoms with Crippen LogP contribution >= 0.6 is 0 Å². The molecule has 1 rings (SSSR count). The van der Waals surface area contributed by atoms with E-state index in [-0.39, 0.29) is 18.6 Å². The normalized spacial score (nSPS) is 13.2. The first-order valence-electron chi connectivity index (χ1n) is 5.43. The van der Waals surface area contributed by atoms with Crippen LogP contribution in [0.1, 0.15) is 12.0 Å². The number of carboxylic acids is 1. The van der Waals surface area contributed by atoms with Gasteiger partial charge in [-0.3, -0.25) is 4.79 Å². The highest BCUT2D eigenvalue weighted by Gasteiger charge is 2.20. The number of hydrogen-bond donors (Lipinski definition) is 1. The van der Waals surface area contributed by atoms with E-state index in [1.54, 1.807) is 6.07 Å². The van der Waals surface area contributed by atoms with E-state index in [0.717, 1.165) is 6.26 Å². The maximum absolute atomic E-state index is 13.0. The molecule has 0 saturated carbocycles. The van der Waals surface area contributed by atoms with Gasteiger partial charge in [0.25, 0.3) is 0 Å². The van der Waals surface area contributed by atoms with Gasteiger partial charge in [0.1, 0.15) is 15.7 Å². The molecule has 0 aromatic heterocycles. The van der Waals surface area contributed by atoms with Crippen LogP contribution < -0.4 is 0 Å². The molecule has 100 valence electrons. The molecule has 1 unspecified atom stereocenters. The molecule has 0 saturated heterocycles. The van der Waals surface area contributed by atoms with Gasteiger partial charge in [0.15, 0.2) is 0 Å². The largest absolute Gasteiger partial charge is 0.481 e. The average Bonchev–Trinajstić information content (AvgIpc) is 2.22. The first-order valence-corrected chi connectivity index (χ1v) is 7.49. The second kappa shape index (κ2) is 5.95. The predicted octanol–water partition coefficient (Wildman–Crippen LogP) is 1.50. The van der Waals surface area contributed by atoms with Crippen LogP contribution in [0.25, 0.3) is 0 Å². The summed E-state index contributed by atoms with van der Waals surface area (Å²) in [7, 11) is -3.19. The second-order valence-corrected chi connectivity index (χ2v) is 6.55. The molecule has 0 radical (unpaired) electrons. The maximum atomic E-state index is 13.0. The van der Waals surface area contributed by atoms with Gasteiger partial charge in [0, 0.05) is 6.26 Å². The zero-order chi connectivity index (χ0) is 13.8. The summed E-state index contributed by atoms with van der Waals surface area (Å²) in [5.41, 5.74) is 0.552. The van der Waals surface area contributed by atoms with E-state index in [2.05, 4.69) is 0 Å². The van der Waals surface area contributed by atoms with Gasteiger partial charge in [0.05, 0.1) is 11.7 Å². The molecule has 0 aliphatic heterocycles. The summed E-state index contributed by atoms with van der Waals surface area (Å²) in [4.78, 5) is 11.0. The van der Waals surface area contributed by atoms with E-state index in [1.165, 1.54) is 18.2 Å². The lowest BCUT2D eigenvalue weighted by Crippen LogP contribution is -2.20. The molecule has 1 aromatic carbocycles. The number of carbonyl (C=O) groups is 1. The van der Waals surface area contributed by atoms with E-state index < -0.39 is 27.5 Å².